The summed E-state index contributed by atoms with van der Waals surface area (Å²) in [4.78, 5) is 23.0. The average molecular weight is 319 g/mol. The Morgan fingerprint density at radius 3 is 2.52 bits per heavy atom. The summed E-state index contributed by atoms with van der Waals surface area (Å²) in [5.74, 6) is 0.294. The van der Waals surface area contributed by atoms with E-state index in [1.807, 2.05) is 18.5 Å². The maximum atomic E-state index is 11.9. The quantitative estimate of drug-likeness (QED) is 0.395. The van der Waals surface area contributed by atoms with E-state index in [9.17, 15) is 22.6 Å². The molecule has 0 radical (unpaired) electrons. The molecular formula is C11H17N3O6S. The van der Waals surface area contributed by atoms with Gasteiger partial charge in [-0.25, -0.2) is 17.8 Å². The number of primary amides is 1. The molecule has 118 valence electrons. The standard InChI is InChI=1S/C10H13N3O2.CH4O4S/c1-6-3-4-8-12(2)5-7(9(11)14)10(15)13(6)8;1-5-6(2,3)4/h5-6H,3-4H2,1-2H3,(H-,11,14);1H3,(H,2,3,4). The van der Waals surface area contributed by atoms with Crippen molar-refractivity contribution >= 4 is 16.3 Å². The van der Waals surface area contributed by atoms with Crippen molar-refractivity contribution in [3.8, 4) is 0 Å². The first-order valence-electron chi connectivity index (χ1n) is 6.03. The van der Waals surface area contributed by atoms with E-state index in [2.05, 4.69) is 4.18 Å². The van der Waals surface area contributed by atoms with E-state index in [1.165, 1.54) is 6.20 Å². The number of amides is 1. The molecule has 0 saturated heterocycles. The van der Waals surface area contributed by atoms with E-state index >= 15 is 0 Å². The van der Waals surface area contributed by atoms with Crippen molar-refractivity contribution in [2.75, 3.05) is 7.11 Å². The van der Waals surface area contributed by atoms with Crippen molar-refractivity contribution in [1.82, 2.24) is 4.57 Å². The number of carbonyl (C=O) groups is 1. The number of carbonyl (C=O) groups excluding carboxylic acids is 1. The fourth-order valence-corrected chi connectivity index (χ4v) is 2.13. The van der Waals surface area contributed by atoms with Gasteiger partial charge in [0.1, 0.15) is 12.2 Å². The molecule has 21 heavy (non-hydrogen) atoms. The molecule has 0 saturated carbocycles. The smallest absolute Gasteiger partial charge is 0.350 e. The number of aromatic nitrogens is 2. The summed E-state index contributed by atoms with van der Waals surface area (Å²) in [6, 6.07) is 0.151. The van der Waals surface area contributed by atoms with Crippen LogP contribution in [-0.2, 0) is 28.1 Å². The Hall–Kier alpha value is -1.78. The van der Waals surface area contributed by atoms with Gasteiger partial charge in [-0.15, -0.1) is 0 Å². The van der Waals surface area contributed by atoms with Crippen molar-refractivity contribution in [3.63, 3.8) is 0 Å². The molecule has 1 amide bonds. The number of rotatable bonds is 2. The predicted molar refractivity (Wildman–Crippen MR) is 70.1 cm³/mol. The van der Waals surface area contributed by atoms with Crippen LogP contribution in [0.25, 0.3) is 0 Å². The van der Waals surface area contributed by atoms with Gasteiger partial charge in [0.25, 0.3) is 11.7 Å². The molecule has 1 atom stereocenters. The van der Waals surface area contributed by atoms with Crippen molar-refractivity contribution in [1.29, 1.82) is 0 Å². The Morgan fingerprint density at radius 1 is 1.57 bits per heavy atom. The topological polar surface area (TPSA) is 135 Å². The largest absolute Gasteiger partial charge is 0.726 e. The van der Waals surface area contributed by atoms with E-state index < -0.39 is 16.3 Å². The summed E-state index contributed by atoms with van der Waals surface area (Å²) in [6.45, 7) is 1.97. The number of hydrogen-bond acceptors (Lipinski definition) is 6. The monoisotopic (exact) mass is 319 g/mol. The maximum absolute atomic E-state index is 11.9. The zero-order valence-electron chi connectivity index (χ0n) is 11.9. The molecule has 2 rings (SSSR count). The normalized spacial score (nSPS) is 16.9. The molecular weight excluding hydrogens is 302 g/mol. The molecule has 2 N–H and O–H groups in total. The van der Waals surface area contributed by atoms with Crippen LogP contribution in [0.5, 0.6) is 0 Å². The lowest BCUT2D eigenvalue weighted by atomic mass is 10.2. The molecule has 1 aliphatic rings. The zero-order chi connectivity index (χ0) is 16.4. The Balaban J connectivity index is 0.000000315. The third-order valence-corrected chi connectivity index (χ3v) is 3.56. The van der Waals surface area contributed by atoms with Crippen LogP contribution in [0.3, 0.4) is 0 Å². The van der Waals surface area contributed by atoms with Crippen LogP contribution >= 0.6 is 0 Å². The first-order chi connectivity index (χ1) is 9.58. The lowest BCUT2D eigenvalue weighted by Gasteiger charge is -2.05. The summed E-state index contributed by atoms with van der Waals surface area (Å²) in [5.41, 5.74) is 4.96. The van der Waals surface area contributed by atoms with Crippen molar-refractivity contribution in [3.05, 3.63) is 27.9 Å². The Labute approximate surface area is 121 Å². The summed E-state index contributed by atoms with van der Waals surface area (Å²) < 4.78 is 34.5. The van der Waals surface area contributed by atoms with Gasteiger partial charge >= 0.3 is 5.56 Å². The zero-order valence-corrected chi connectivity index (χ0v) is 12.7. The van der Waals surface area contributed by atoms with Crippen LogP contribution in [0.1, 0.15) is 35.6 Å². The molecule has 1 unspecified atom stereocenters. The molecule has 0 aliphatic carbocycles. The van der Waals surface area contributed by atoms with Gasteiger partial charge in [0.05, 0.1) is 20.6 Å². The second kappa shape index (κ2) is 6.33. The second-order valence-corrected chi connectivity index (χ2v) is 5.72. The van der Waals surface area contributed by atoms with Crippen LogP contribution in [0.15, 0.2) is 11.0 Å². The van der Waals surface area contributed by atoms with Crippen LogP contribution < -0.4 is 15.9 Å². The fourth-order valence-electron chi connectivity index (χ4n) is 2.13. The summed E-state index contributed by atoms with van der Waals surface area (Å²) >= 11 is 0. The third-order valence-electron chi connectivity index (χ3n) is 3.15. The highest BCUT2D eigenvalue weighted by Crippen LogP contribution is 2.19. The average Bonchev–Trinajstić information content (AvgIpc) is 2.76. The third kappa shape index (κ3) is 4.09. The first kappa shape index (κ1) is 17.3. The van der Waals surface area contributed by atoms with Gasteiger partial charge in [-0.1, -0.05) is 0 Å². The molecule has 10 heteroatoms. The van der Waals surface area contributed by atoms with Gasteiger partial charge in [-0.2, -0.15) is 4.57 Å². The minimum absolute atomic E-state index is 0.0648. The minimum atomic E-state index is -4.41. The predicted octanol–water partition coefficient (Wildman–Crippen LogP) is -1.63. The lowest BCUT2D eigenvalue weighted by molar-refractivity contribution is -0.683. The maximum Gasteiger partial charge on any atom is 0.350 e. The van der Waals surface area contributed by atoms with E-state index in [-0.39, 0.29) is 17.2 Å². The number of aryl methyl sites for hydroxylation is 1. The van der Waals surface area contributed by atoms with Crippen molar-refractivity contribution in [2.24, 2.45) is 12.8 Å². The fraction of sp³-hybridized carbons (Fsp3) is 0.545. The molecule has 1 aromatic heterocycles. The van der Waals surface area contributed by atoms with Gasteiger partial charge in [-0.3, -0.25) is 8.98 Å². The molecule has 2 heterocycles. The van der Waals surface area contributed by atoms with Crippen molar-refractivity contribution < 1.29 is 26.5 Å². The van der Waals surface area contributed by atoms with Crippen LogP contribution in [0.4, 0.5) is 0 Å². The molecule has 0 bridgehead atoms. The summed E-state index contributed by atoms with van der Waals surface area (Å²) in [6.07, 6.45) is 3.33. The van der Waals surface area contributed by atoms with Gasteiger partial charge < -0.3 is 10.3 Å². The van der Waals surface area contributed by atoms with E-state index in [0.717, 1.165) is 25.8 Å². The number of nitrogens with zero attached hydrogens (tertiary/aromatic N) is 2. The highest BCUT2D eigenvalue weighted by molar-refractivity contribution is 7.80. The SMILES string of the molecule is CC1CCc2n1c(=O)c(C(N)=O)c[n+]2C.COS(=O)(=O)[O-]. The number of fused-ring (bicyclic) bond motifs is 1. The number of nitrogens with two attached hydrogens (primary N) is 1. The van der Waals surface area contributed by atoms with E-state index in [4.69, 9.17) is 5.73 Å². The Bertz CT molecular complexity index is 709. The van der Waals surface area contributed by atoms with Gasteiger partial charge in [0.15, 0.2) is 5.56 Å². The summed E-state index contributed by atoms with van der Waals surface area (Å²) in [7, 11) is -1.78. The highest BCUT2D eigenvalue weighted by Gasteiger charge is 2.31. The van der Waals surface area contributed by atoms with Gasteiger partial charge in [0, 0.05) is 0 Å². The molecule has 9 nitrogen and oxygen atoms in total. The first-order valence-corrected chi connectivity index (χ1v) is 7.37. The van der Waals surface area contributed by atoms with Crippen molar-refractivity contribution in [2.45, 2.75) is 25.8 Å². The van der Waals surface area contributed by atoms with E-state index in [1.54, 1.807) is 4.57 Å². The molecule has 0 spiro atoms. The van der Waals surface area contributed by atoms with Crippen LogP contribution in [0, 0.1) is 0 Å². The van der Waals surface area contributed by atoms with Gasteiger partial charge in [0.2, 0.25) is 10.4 Å². The van der Waals surface area contributed by atoms with E-state index in [0.29, 0.717) is 0 Å². The molecule has 0 fully saturated rings. The highest BCUT2D eigenvalue weighted by atomic mass is 32.3. The Kier molecular flexibility index (Phi) is 5.20. The van der Waals surface area contributed by atoms with Crippen LogP contribution in [0.2, 0.25) is 0 Å². The minimum Gasteiger partial charge on any atom is -0.726 e. The molecule has 0 aromatic carbocycles. The molecule has 1 aromatic rings. The Morgan fingerprint density at radius 2 is 2.10 bits per heavy atom. The summed E-state index contributed by atoms with van der Waals surface area (Å²) in [5, 5.41) is 0. The lowest BCUT2D eigenvalue weighted by Crippen LogP contribution is -2.44. The van der Waals surface area contributed by atoms with Gasteiger partial charge in [-0.05, 0) is 13.3 Å². The second-order valence-electron chi connectivity index (χ2n) is 4.57. The number of hydrogen-bond donors (Lipinski definition) is 1. The van der Waals surface area contributed by atoms with Crippen LogP contribution in [-0.4, -0.2) is 30.6 Å². The molecule has 1 aliphatic heterocycles.